The minimum absolute atomic E-state index is 0.881. The summed E-state index contributed by atoms with van der Waals surface area (Å²) >= 11 is 0. The Labute approximate surface area is 121 Å². The van der Waals surface area contributed by atoms with E-state index in [0.717, 1.165) is 48.7 Å². The van der Waals surface area contributed by atoms with E-state index in [2.05, 4.69) is 60.3 Å². The highest BCUT2D eigenvalue weighted by Crippen LogP contribution is 2.15. The Hall–Kier alpha value is -1.90. The van der Waals surface area contributed by atoms with Crippen molar-refractivity contribution < 1.29 is 0 Å². The molecule has 20 heavy (non-hydrogen) atoms. The van der Waals surface area contributed by atoms with Crippen LogP contribution in [0.2, 0.25) is 0 Å². The molecule has 0 fully saturated rings. The average Bonchev–Trinajstić information content (AvgIpc) is 2.48. The number of rotatable bonds is 6. The van der Waals surface area contributed by atoms with Gasteiger partial charge in [0.25, 0.3) is 0 Å². The number of hydrogen-bond donors (Lipinski definition) is 1. The molecule has 0 bridgehead atoms. The highest BCUT2D eigenvalue weighted by atomic mass is 15.0. The van der Waals surface area contributed by atoms with E-state index in [1.807, 2.05) is 6.07 Å². The van der Waals surface area contributed by atoms with Crippen LogP contribution in [0.3, 0.4) is 0 Å². The fourth-order valence-corrected chi connectivity index (χ4v) is 2.11. The number of nitrogens with zero attached hydrogens (tertiary/aromatic N) is 2. The molecule has 0 unspecified atom stereocenters. The van der Waals surface area contributed by atoms with Crippen LogP contribution in [0.15, 0.2) is 30.3 Å². The summed E-state index contributed by atoms with van der Waals surface area (Å²) in [5.74, 6) is 1.91. The highest BCUT2D eigenvalue weighted by Gasteiger charge is 2.07. The number of hydrogen-bond acceptors (Lipinski definition) is 3. The van der Waals surface area contributed by atoms with Crippen LogP contribution < -0.4 is 5.32 Å². The quantitative estimate of drug-likeness (QED) is 0.869. The van der Waals surface area contributed by atoms with E-state index in [1.165, 1.54) is 5.56 Å². The largest absolute Gasteiger partial charge is 0.370 e. The zero-order valence-electron chi connectivity index (χ0n) is 12.6. The SMILES string of the molecule is CCCNc1nc(CCc2ccccc2)nc(C)c1C. The van der Waals surface area contributed by atoms with E-state index >= 15 is 0 Å². The summed E-state index contributed by atoms with van der Waals surface area (Å²) in [6, 6.07) is 10.5. The Morgan fingerprint density at radius 3 is 2.45 bits per heavy atom. The lowest BCUT2D eigenvalue weighted by atomic mass is 10.1. The first-order chi connectivity index (χ1) is 9.70. The molecule has 0 radical (unpaired) electrons. The van der Waals surface area contributed by atoms with Crippen LogP contribution in [0, 0.1) is 13.8 Å². The first-order valence-corrected chi connectivity index (χ1v) is 7.32. The molecule has 0 spiro atoms. The lowest BCUT2D eigenvalue weighted by Crippen LogP contribution is -2.09. The van der Waals surface area contributed by atoms with Crippen molar-refractivity contribution in [3.05, 3.63) is 53.0 Å². The molecule has 0 atom stereocenters. The van der Waals surface area contributed by atoms with E-state index in [9.17, 15) is 0 Å². The zero-order valence-corrected chi connectivity index (χ0v) is 12.6. The Bertz CT molecular complexity index is 550. The van der Waals surface area contributed by atoms with Crippen molar-refractivity contribution in [3.8, 4) is 0 Å². The molecule has 0 aliphatic heterocycles. The second kappa shape index (κ2) is 7.04. The van der Waals surface area contributed by atoms with Crippen LogP contribution in [0.1, 0.15) is 36.0 Å². The van der Waals surface area contributed by atoms with E-state index in [0.29, 0.717) is 0 Å². The average molecular weight is 269 g/mol. The molecule has 0 aliphatic rings. The van der Waals surface area contributed by atoms with Crippen LogP contribution >= 0.6 is 0 Å². The Kier molecular flexibility index (Phi) is 5.10. The number of aryl methyl sites for hydroxylation is 3. The smallest absolute Gasteiger partial charge is 0.132 e. The van der Waals surface area contributed by atoms with Gasteiger partial charge in [0.2, 0.25) is 0 Å². The predicted octanol–water partition coefficient (Wildman–Crippen LogP) is 3.70. The van der Waals surface area contributed by atoms with Gasteiger partial charge in [0.15, 0.2) is 0 Å². The van der Waals surface area contributed by atoms with Crippen molar-refractivity contribution >= 4 is 5.82 Å². The fraction of sp³-hybridized carbons (Fsp3) is 0.412. The first kappa shape index (κ1) is 14.5. The molecule has 3 nitrogen and oxygen atoms in total. The molecule has 1 aromatic carbocycles. The lowest BCUT2D eigenvalue weighted by Gasteiger charge is -2.11. The summed E-state index contributed by atoms with van der Waals surface area (Å²) in [5.41, 5.74) is 3.56. The maximum Gasteiger partial charge on any atom is 0.132 e. The molecule has 1 N–H and O–H groups in total. The molecular weight excluding hydrogens is 246 g/mol. The topological polar surface area (TPSA) is 37.8 Å². The predicted molar refractivity (Wildman–Crippen MR) is 84.1 cm³/mol. The number of nitrogens with one attached hydrogen (secondary N) is 1. The minimum atomic E-state index is 0.881. The number of benzene rings is 1. The molecule has 1 aromatic heterocycles. The summed E-state index contributed by atoms with van der Waals surface area (Å²) in [7, 11) is 0. The van der Waals surface area contributed by atoms with Gasteiger partial charge in [-0.05, 0) is 32.3 Å². The summed E-state index contributed by atoms with van der Waals surface area (Å²) in [5, 5.41) is 3.39. The van der Waals surface area contributed by atoms with E-state index < -0.39 is 0 Å². The molecule has 0 amide bonds. The van der Waals surface area contributed by atoms with Gasteiger partial charge in [-0.15, -0.1) is 0 Å². The molecule has 106 valence electrons. The molecule has 2 rings (SSSR count). The van der Waals surface area contributed by atoms with Crippen molar-refractivity contribution in [3.63, 3.8) is 0 Å². The summed E-state index contributed by atoms with van der Waals surface area (Å²) in [6.45, 7) is 7.25. The van der Waals surface area contributed by atoms with Gasteiger partial charge < -0.3 is 5.32 Å². The van der Waals surface area contributed by atoms with Crippen LogP contribution in [0.25, 0.3) is 0 Å². The summed E-state index contributed by atoms with van der Waals surface area (Å²) in [4.78, 5) is 9.27. The third kappa shape index (κ3) is 3.80. The van der Waals surface area contributed by atoms with Gasteiger partial charge >= 0.3 is 0 Å². The van der Waals surface area contributed by atoms with Gasteiger partial charge in [-0.3, -0.25) is 0 Å². The van der Waals surface area contributed by atoms with E-state index in [1.54, 1.807) is 0 Å². The van der Waals surface area contributed by atoms with Crippen LogP contribution in [-0.4, -0.2) is 16.5 Å². The molecule has 0 saturated carbocycles. The Balaban J connectivity index is 2.09. The first-order valence-electron chi connectivity index (χ1n) is 7.32. The van der Waals surface area contributed by atoms with Crippen molar-refractivity contribution in [2.75, 3.05) is 11.9 Å². The standard InChI is InChI=1S/C17H23N3/c1-4-12-18-17-13(2)14(3)19-16(20-17)11-10-15-8-6-5-7-9-15/h5-9H,4,10-12H2,1-3H3,(H,18,19,20). The maximum absolute atomic E-state index is 4.66. The van der Waals surface area contributed by atoms with Crippen LogP contribution in [-0.2, 0) is 12.8 Å². The molecular formula is C17H23N3. The highest BCUT2D eigenvalue weighted by molar-refractivity contribution is 5.45. The minimum Gasteiger partial charge on any atom is -0.370 e. The summed E-state index contributed by atoms with van der Waals surface area (Å²) < 4.78 is 0. The number of anilines is 1. The lowest BCUT2D eigenvalue weighted by molar-refractivity contribution is 0.836. The fourth-order valence-electron chi connectivity index (χ4n) is 2.11. The molecule has 1 heterocycles. The normalized spacial score (nSPS) is 10.6. The van der Waals surface area contributed by atoms with Crippen molar-refractivity contribution in [1.82, 2.24) is 9.97 Å². The van der Waals surface area contributed by atoms with Gasteiger partial charge in [0.1, 0.15) is 11.6 Å². The molecule has 2 aromatic rings. The van der Waals surface area contributed by atoms with Crippen LogP contribution in [0.4, 0.5) is 5.82 Å². The second-order valence-electron chi connectivity index (χ2n) is 5.11. The second-order valence-corrected chi connectivity index (χ2v) is 5.11. The van der Waals surface area contributed by atoms with Crippen molar-refractivity contribution in [2.45, 2.75) is 40.0 Å². The van der Waals surface area contributed by atoms with E-state index in [4.69, 9.17) is 0 Å². The van der Waals surface area contributed by atoms with E-state index in [-0.39, 0.29) is 0 Å². The van der Waals surface area contributed by atoms with Crippen molar-refractivity contribution in [1.29, 1.82) is 0 Å². The third-order valence-corrected chi connectivity index (χ3v) is 3.46. The molecule has 0 saturated heterocycles. The van der Waals surface area contributed by atoms with Crippen LogP contribution in [0.5, 0.6) is 0 Å². The maximum atomic E-state index is 4.66. The van der Waals surface area contributed by atoms with Gasteiger partial charge in [-0.2, -0.15) is 0 Å². The van der Waals surface area contributed by atoms with Gasteiger partial charge in [0, 0.05) is 24.2 Å². The summed E-state index contributed by atoms with van der Waals surface area (Å²) in [6.07, 6.45) is 2.96. The number of aromatic nitrogens is 2. The Morgan fingerprint density at radius 1 is 1.00 bits per heavy atom. The monoisotopic (exact) mass is 269 g/mol. The molecule has 0 aliphatic carbocycles. The Morgan fingerprint density at radius 2 is 1.75 bits per heavy atom. The van der Waals surface area contributed by atoms with Crippen molar-refractivity contribution in [2.24, 2.45) is 0 Å². The molecule has 3 heteroatoms. The zero-order chi connectivity index (χ0) is 14.4. The van der Waals surface area contributed by atoms with Gasteiger partial charge in [0.05, 0.1) is 0 Å². The third-order valence-electron chi connectivity index (χ3n) is 3.46. The van der Waals surface area contributed by atoms with Gasteiger partial charge in [-0.1, -0.05) is 37.3 Å². The van der Waals surface area contributed by atoms with Gasteiger partial charge in [-0.25, -0.2) is 9.97 Å².